The quantitative estimate of drug-likeness (QED) is 0.436. The molecule has 0 fully saturated rings. The number of carbonyl (C=O) groups excluding carboxylic acids is 2. The van der Waals surface area contributed by atoms with Gasteiger partial charge < -0.3 is 9.64 Å². The summed E-state index contributed by atoms with van der Waals surface area (Å²) in [5.74, 6) is -0.918. The minimum Gasteiger partial charge on any atom is -0.465 e. The fourth-order valence-corrected chi connectivity index (χ4v) is 1.82. The first-order valence-electron chi connectivity index (χ1n) is 6.68. The number of rotatable bonds is 7. The Morgan fingerprint density at radius 1 is 1.33 bits per heavy atom. The maximum atomic E-state index is 12.3. The van der Waals surface area contributed by atoms with Crippen molar-refractivity contribution in [2.45, 2.75) is 20.3 Å². The summed E-state index contributed by atoms with van der Waals surface area (Å²) in [6, 6.07) is 5.45. The first-order valence-corrected chi connectivity index (χ1v) is 6.68. The van der Waals surface area contributed by atoms with Crippen LogP contribution in [0.1, 0.15) is 30.6 Å². The van der Waals surface area contributed by atoms with E-state index in [0.29, 0.717) is 13.0 Å². The SMILES string of the molecule is CCCN(CC(=O)OCC)C(=O)c1cccc([N+](=O)[O-])c1. The molecule has 0 bridgehead atoms. The zero-order chi connectivity index (χ0) is 15.8. The van der Waals surface area contributed by atoms with E-state index in [4.69, 9.17) is 4.74 Å². The van der Waals surface area contributed by atoms with Crippen LogP contribution in [0.15, 0.2) is 24.3 Å². The topological polar surface area (TPSA) is 89.8 Å². The van der Waals surface area contributed by atoms with Crippen LogP contribution in [0.25, 0.3) is 0 Å². The number of nitro groups is 1. The standard InChI is InChI=1S/C14H18N2O5/c1-3-8-15(10-13(17)21-4-2)14(18)11-6-5-7-12(9-11)16(19)20/h5-7,9H,3-4,8,10H2,1-2H3. The Balaban J connectivity index is 2.92. The highest BCUT2D eigenvalue weighted by Crippen LogP contribution is 2.15. The van der Waals surface area contributed by atoms with Crippen LogP contribution in [0.2, 0.25) is 0 Å². The molecule has 114 valence electrons. The molecule has 0 aliphatic carbocycles. The van der Waals surface area contributed by atoms with Crippen LogP contribution in [0.3, 0.4) is 0 Å². The predicted octanol–water partition coefficient (Wildman–Crippen LogP) is 2.01. The number of nitrogens with zero attached hydrogens (tertiary/aromatic N) is 2. The minimum absolute atomic E-state index is 0.159. The minimum atomic E-state index is -0.563. The molecule has 0 spiro atoms. The highest BCUT2D eigenvalue weighted by atomic mass is 16.6. The molecule has 0 aliphatic rings. The van der Waals surface area contributed by atoms with Crippen molar-refractivity contribution in [1.82, 2.24) is 4.90 Å². The van der Waals surface area contributed by atoms with Gasteiger partial charge in [-0.1, -0.05) is 13.0 Å². The predicted molar refractivity (Wildman–Crippen MR) is 75.9 cm³/mol. The van der Waals surface area contributed by atoms with E-state index in [1.165, 1.54) is 29.2 Å². The maximum Gasteiger partial charge on any atom is 0.325 e. The molecule has 21 heavy (non-hydrogen) atoms. The van der Waals surface area contributed by atoms with Gasteiger partial charge in [-0.15, -0.1) is 0 Å². The summed E-state index contributed by atoms with van der Waals surface area (Å²) in [5.41, 5.74) is 0.0235. The molecule has 0 N–H and O–H groups in total. The van der Waals surface area contributed by atoms with Crippen LogP contribution in [0.5, 0.6) is 0 Å². The lowest BCUT2D eigenvalue weighted by atomic mass is 10.1. The van der Waals surface area contributed by atoms with Crippen LogP contribution in [-0.2, 0) is 9.53 Å². The third kappa shape index (κ3) is 4.87. The van der Waals surface area contributed by atoms with Crippen LogP contribution in [0, 0.1) is 10.1 Å². The molecule has 0 aliphatic heterocycles. The van der Waals surface area contributed by atoms with Crippen molar-refractivity contribution in [1.29, 1.82) is 0 Å². The van der Waals surface area contributed by atoms with Gasteiger partial charge in [0.1, 0.15) is 6.54 Å². The van der Waals surface area contributed by atoms with Crippen LogP contribution in [0.4, 0.5) is 5.69 Å². The molecule has 7 heteroatoms. The summed E-state index contributed by atoms with van der Waals surface area (Å²) in [5, 5.41) is 10.7. The summed E-state index contributed by atoms with van der Waals surface area (Å²) >= 11 is 0. The molecule has 1 rings (SSSR count). The fourth-order valence-electron chi connectivity index (χ4n) is 1.82. The van der Waals surface area contributed by atoms with Gasteiger partial charge in [-0.05, 0) is 19.4 Å². The van der Waals surface area contributed by atoms with Crippen LogP contribution in [-0.4, -0.2) is 41.4 Å². The van der Waals surface area contributed by atoms with Gasteiger partial charge in [-0.3, -0.25) is 19.7 Å². The molecule has 0 atom stereocenters. The number of hydrogen-bond donors (Lipinski definition) is 0. The van der Waals surface area contributed by atoms with E-state index < -0.39 is 16.8 Å². The van der Waals surface area contributed by atoms with Crippen molar-refractivity contribution in [2.24, 2.45) is 0 Å². The summed E-state index contributed by atoms with van der Waals surface area (Å²) in [6.45, 7) is 4.01. The van der Waals surface area contributed by atoms with Gasteiger partial charge in [0, 0.05) is 24.2 Å². The van der Waals surface area contributed by atoms with E-state index in [9.17, 15) is 19.7 Å². The Bertz CT molecular complexity index is 530. The summed E-state index contributed by atoms with van der Waals surface area (Å²) < 4.78 is 4.83. The number of non-ortho nitro benzene ring substituents is 1. The highest BCUT2D eigenvalue weighted by Gasteiger charge is 2.20. The van der Waals surface area contributed by atoms with Crippen molar-refractivity contribution in [3.63, 3.8) is 0 Å². The molecule has 1 aromatic carbocycles. The van der Waals surface area contributed by atoms with E-state index >= 15 is 0 Å². The van der Waals surface area contributed by atoms with E-state index in [1.807, 2.05) is 6.92 Å². The van der Waals surface area contributed by atoms with Crippen molar-refractivity contribution in [3.8, 4) is 0 Å². The molecule has 0 aromatic heterocycles. The Morgan fingerprint density at radius 3 is 2.62 bits per heavy atom. The average molecular weight is 294 g/mol. The Hall–Kier alpha value is -2.44. The zero-order valence-electron chi connectivity index (χ0n) is 12.1. The number of amides is 1. The van der Waals surface area contributed by atoms with Gasteiger partial charge in [0.05, 0.1) is 11.5 Å². The van der Waals surface area contributed by atoms with Crippen molar-refractivity contribution in [2.75, 3.05) is 19.7 Å². The Labute approximate surface area is 122 Å². The monoisotopic (exact) mass is 294 g/mol. The summed E-state index contributed by atoms with van der Waals surface area (Å²) in [7, 11) is 0. The van der Waals surface area contributed by atoms with E-state index in [1.54, 1.807) is 6.92 Å². The van der Waals surface area contributed by atoms with Crippen LogP contribution >= 0.6 is 0 Å². The number of benzene rings is 1. The van der Waals surface area contributed by atoms with Gasteiger partial charge in [-0.2, -0.15) is 0 Å². The first-order chi connectivity index (χ1) is 9.99. The molecule has 7 nitrogen and oxygen atoms in total. The smallest absolute Gasteiger partial charge is 0.325 e. The molecule has 1 aromatic rings. The number of hydrogen-bond acceptors (Lipinski definition) is 5. The average Bonchev–Trinajstić information content (AvgIpc) is 2.46. The Kier molecular flexibility index (Phi) is 6.32. The second-order valence-corrected chi connectivity index (χ2v) is 4.34. The third-order valence-electron chi connectivity index (χ3n) is 2.71. The van der Waals surface area contributed by atoms with Crippen molar-refractivity contribution < 1.29 is 19.2 Å². The van der Waals surface area contributed by atoms with E-state index in [2.05, 4.69) is 0 Å². The van der Waals surface area contributed by atoms with Gasteiger partial charge >= 0.3 is 5.97 Å². The molecular formula is C14H18N2O5. The third-order valence-corrected chi connectivity index (χ3v) is 2.71. The van der Waals surface area contributed by atoms with Gasteiger partial charge in [0.2, 0.25) is 0 Å². The van der Waals surface area contributed by atoms with E-state index in [0.717, 1.165) is 0 Å². The largest absolute Gasteiger partial charge is 0.465 e. The normalized spacial score (nSPS) is 10.0. The molecule has 0 saturated heterocycles. The summed E-state index contributed by atoms with van der Waals surface area (Å²) in [6.07, 6.45) is 0.667. The number of carbonyl (C=O) groups is 2. The lowest BCUT2D eigenvalue weighted by molar-refractivity contribution is -0.384. The van der Waals surface area contributed by atoms with Gasteiger partial charge in [0.25, 0.3) is 11.6 Å². The lowest BCUT2D eigenvalue weighted by Gasteiger charge is -2.21. The molecule has 0 heterocycles. The zero-order valence-corrected chi connectivity index (χ0v) is 12.1. The molecule has 0 unspecified atom stereocenters. The number of ether oxygens (including phenoxy) is 1. The number of esters is 1. The molecular weight excluding hydrogens is 276 g/mol. The number of nitro benzene ring substituents is 1. The van der Waals surface area contributed by atoms with Crippen LogP contribution < -0.4 is 0 Å². The molecule has 1 amide bonds. The Morgan fingerprint density at radius 2 is 2.05 bits per heavy atom. The second kappa shape index (κ2) is 7.98. The molecule has 0 radical (unpaired) electrons. The molecule has 0 saturated carbocycles. The van der Waals surface area contributed by atoms with Gasteiger partial charge in [-0.25, -0.2) is 0 Å². The lowest BCUT2D eigenvalue weighted by Crippen LogP contribution is -2.37. The van der Waals surface area contributed by atoms with E-state index in [-0.39, 0.29) is 24.4 Å². The highest BCUT2D eigenvalue weighted by molar-refractivity contribution is 5.96. The summed E-state index contributed by atoms with van der Waals surface area (Å²) in [4.78, 5) is 35.4. The van der Waals surface area contributed by atoms with Gasteiger partial charge in [0.15, 0.2) is 0 Å². The fraction of sp³-hybridized carbons (Fsp3) is 0.429. The second-order valence-electron chi connectivity index (χ2n) is 4.34. The van der Waals surface area contributed by atoms with Crippen molar-refractivity contribution in [3.05, 3.63) is 39.9 Å². The first kappa shape index (κ1) is 16.6. The van der Waals surface area contributed by atoms with Crippen molar-refractivity contribution >= 4 is 17.6 Å². The maximum absolute atomic E-state index is 12.3.